The van der Waals surface area contributed by atoms with E-state index in [-0.39, 0.29) is 35.2 Å². The minimum atomic E-state index is -0.306. The summed E-state index contributed by atoms with van der Waals surface area (Å²) in [5.41, 5.74) is 4.04. The van der Waals surface area contributed by atoms with Gasteiger partial charge in [0.15, 0.2) is 0 Å². The van der Waals surface area contributed by atoms with Crippen LogP contribution in [0.5, 0.6) is 0 Å². The highest BCUT2D eigenvalue weighted by Crippen LogP contribution is 2.57. The van der Waals surface area contributed by atoms with Crippen LogP contribution >= 0.6 is 0 Å². The molecule has 224 valence electrons. The number of fused-ring (bicyclic) bond motifs is 3. The molecule has 2 saturated carbocycles. The normalized spacial score (nSPS) is 41.1. The first-order valence-corrected chi connectivity index (χ1v) is 16.5. The van der Waals surface area contributed by atoms with Crippen molar-refractivity contribution in [1.29, 1.82) is 0 Å². The summed E-state index contributed by atoms with van der Waals surface area (Å²) in [4.78, 5) is 28.0. The third kappa shape index (κ3) is 5.08. The third-order valence-electron chi connectivity index (χ3n) is 12.5. The third-order valence-corrected chi connectivity index (χ3v) is 12.5. The highest BCUT2D eigenvalue weighted by atomic mass is 16.6. The number of ketones is 1. The quantitative estimate of drug-likeness (QED) is 0.342. The number of carbonyl (C=O) groups is 2. The lowest BCUT2D eigenvalue weighted by atomic mass is 9.58. The second-order valence-corrected chi connectivity index (χ2v) is 14.7. The maximum atomic E-state index is 13.6. The van der Waals surface area contributed by atoms with Gasteiger partial charge >= 0.3 is 6.09 Å². The Labute approximate surface area is 247 Å². The zero-order valence-corrected chi connectivity index (χ0v) is 26.0. The topological polar surface area (TPSA) is 55.8 Å². The van der Waals surface area contributed by atoms with Crippen LogP contribution in [0.2, 0.25) is 0 Å². The summed E-state index contributed by atoms with van der Waals surface area (Å²) in [6.45, 7) is 12.9. The van der Waals surface area contributed by atoms with Gasteiger partial charge in [-0.3, -0.25) is 4.79 Å². The van der Waals surface area contributed by atoms with Crippen molar-refractivity contribution < 1.29 is 19.1 Å². The molecule has 4 fully saturated rings. The Morgan fingerprint density at radius 1 is 1.07 bits per heavy atom. The Morgan fingerprint density at radius 2 is 1.85 bits per heavy atom. The molecule has 1 aromatic carbocycles. The minimum Gasteiger partial charge on any atom is -0.445 e. The Hall–Kier alpha value is -2.14. The number of ether oxygens (including phenoxy) is 2. The SMILES string of the molecule is CC1=C2C[C@@H](C)C3(C)CCC(=O)C[C@H]3CCC[C@@H]2CCC12O[C@@H]1CC(C)CN(C(=O)OCc3ccccc3)[C@H]1[C@H]2C. The number of allylic oxidation sites excluding steroid dienone is 1. The molecule has 41 heavy (non-hydrogen) atoms. The number of benzene rings is 1. The average Bonchev–Trinajstić information content (AvgIpc) is 3.26. The van der Waals surface area contributed by atoms with Crippen molar-refractivity contribution in [3.63, 3.8) is 0 Å². The van der Waals surface area contributed by atoms with E-state index >= 15 is 0 Å². The predicted octanol–water partition coefficient (Wildman–Crippen LogP) is 8.12. The van der Waals surface area contributed by atoms with Gasteiger partial charge in [-0.15, -0.1) is 0 Å². The summed E-state index contributed by atoms with van der Waals surface area (Å²) in [6, 6.07) is 10.0. The molecule has 5 aliphatic rings. The van der Waals surface area contributed by atoms with Crippen molar-refractivity contribution in [3.8, 4) is 0 Å². The molecule has 5 nitrogen and oxygen atoms in total. The molecule has 6 rings (SSSR count). The number of amides is 1. The van der Waals surface area contributed by atoms with Crippen molar-refractivity contribution in [2.75, 3.05) is 6.54 Å². The largest absolute Gasteiger partial charge is 0.445 e. The van der Waals surface area contributed by atoms with E-state index in [1.54, 1.807) is 5.57 Å². The highest BCUT2D eigenvalue weighted by Gasteiger charge is 2.60. The second kappa shape index (κ2) is 11.2. The lowest BCUT2D eigenvalue weighted by molar-refractivity contribution is -0.126. The second-order valence-electron chi connectivity index (χ2n) is 14.7. The zero-order valence-electron chi connectivity index (χ0n) is 26.0. The zero-order chi connectivity index (χ0) is 28.9. The summed E-state index contributed by atoms with van der Waals surface area (Å²) >= 11 is 0. The first-order valence-electron chi connectivity index (χ1n) is 16.5. The molecule has 0 radical (unpaired) electrons. The number of carbonyl (C=O) groups excluding carboxylic acids is 2. The summed E-state index contributed by atoms with van der Waals surface area (Å²) in [5, 5.41) is 0. The number of hydrogen-bond donors (Lipinski definition) is 0. The molecule has 3 unspecified atom stereocenters. The van der Waals surface area contributed by atoms with Crippen molar-refractivity contribution in [3.05, 3.63) is 47.0 Å². The van der Waals surface area contributed by atoms with Crippen molar-refractivity contribution in [2.45, 2.75) is 123 Å². The molecule has 1 amide bonds. The van der Waals surface area contributed by atoms with Gasteiger partial charge in [-0.05, 0) is 92.1 Å². The number of piperidine rings is 1. The molecule has 3 aliphatic carbocycles. The number of hydrogen-bond acceptors (Lipinski definition) is 4. The maximum Gasteiger partial charge on any atom is 0.410 e. The highest BCUT2D eigenvalue weighted by molar-refractivity contribution is 5.79. The van der Waals surface area contributed by atoms with Crippen molar-refractivity contribution >= 4 is 11.9 Å². The van der Waals surface area contributed by atoms with Crippen LogP contribution in [0.15, 0.2) is 41.5 Å². The molecule has 2 saturated heterocycles. The van der Waals surface area contributed by atoms with Crippen molar-refractivity contribution in [1.82, 2.24) is 4.90 Å². The molecule has 1 spiro atoms. The number of rotatable bonds is 2. The molecule has 5 heteroatoms. The van der Waals surface area contributed by atoms with Gasteiger partial charge in [0.2, 0.25) is 0 Å². The van der Waals surface area contributed by atoms with Crippen LogP contribution in [-0.2, 0) is 20.9 Å². The number of likely N-dealkylation sites (tertiary alicyclic amines) is 1. The molecular formula is C36H51NO4. The molecular weight excluding hydrogens is 510 g/mol. The fraction of sp³-hybridized carbons (Fsp3) is 0.722. The van der Waals surface area contributed by atoms with Crippen molar-refractivity contribution in [2.24, 2.45) is 35.0 Å². The molecule has 0 N–H and O–H groups in total. The monoisotopic (exact) mass is 561 g/mol. The number of nitrogens with zero attached hydrogens (tertiary/aromatic N) is 1. The van der Waals surface area contributed by atoms with E-state index in [0.29, 0.717) is 36.1 Å². The van der Waals surface area contributed by atoms with E-state index in [1.165, 1.54) is 24.8 Å². The van der Waals surface area contributed by atoms with E-state index in [2.05, 4.69) is 34.6 Å². The first kappa shape index (κ1) is 29.0. The van der Waals surface area contributed by atoms with Gasteiger partial charge in [0.05, 0.1) is 17.7 Å². The van der Waals surface area contributed by atoms with Gasteiger partial charge in [0.1, 0.15) is 12.4 Å². The van der Waals surface area contributed by atoms with Crippen LogP contribution in [0.3, 0.4) is 0 Å². The standard InChI is InChI=1S/C36H51NO4/c1-23-18-32-33(37(21-23)34(39)40-22-27-10-7-6-8-11-27)26(4)36(41-32)17-14-28-12-9-13-29-20-30(38)15-16-35(29,5)24(2)19-31(28)25(36)3/h6-8,10-11,23-24,26,28-29,32-33H,9,12-22H2,1-5H3/t23?,24-,26-,28-,29-,32-,33+,35?,36?/m1/s1. The lowest BCUT2D eigenvalue weighted by Gasteiger charge is -2.47. The van der Waals surface area contributed by atoms with E-state index in [1.807, 2.05) is 35.2 Å². The molecule has 1 aromatic rings. The molecule has 9 atom stereocenters. The fourth-order valence-electron chi connectivity index (χ4n) is 9.79. The Morgan fingerprint density at radius 3 is 2.63 bits per heavy atom. The van der Waals surface area contributed by atoms with Gasteiger partial charge in [-0.2, -0.15) is 0 Å². The van der Waals surface area contributed by atoms with Crippen LogP contribution in [-0.4, -0.2) is 41.1 Å². The Bertz CT molecular complexity index is 1180. The van der Waals surface area contributed by atoms with Gasteiger partial charge in [-0.1, -0.05) is 70.0 Å². The van der Waals surface area contributed by atoms with E-state index in [0.717, 1.165) is 57.1 Å². The lowest BCUT2D eigenvalue weighted by Crippen LogP contribution is -2.54. The maximum absolute atomic E-state index is 13.6. The summed E-state index contributed by atoms with van der Waals surface area (Å²) in [6.07, 6.45) is 10.4. The minimum absolute atomic E-state index is 0.0431. The molecule has 2 aliphatic heterocycles. The van der Waals surface area contributed by atoms with Gasteiger partial charge in [-0.25, -0.2) is 4.79 Å². The molecule has 0 bridgehead atoms. The van der Waals surface area contributed by atoms with Crippen LogP contribution < -0.4 is 0 Å². The van der Waals surface area contributed by atoms with Gasteiger partial charge < -0.3 is 14.4 Å². The summed E-state index contributed by atoms with van der Waals surface area (Å²) < 4.78 is 13.1. The average molecular weight is 562 g/mol. The summed E-state index contributed by atoms with van der Waals surface area (Å²) in [5.74, 6) is 2.76. The van der Waals surface area contributed by atoms with Crippen LogP contribution in [0, 0.1) is 35.0 Å². The van der Waals surface area contributed by atoms with E-state index in [4.69, 9.17) is 9.47 Å². The van der Waals surface area contributed by atoms with Crippen LogP contribution in [0.4, 0.5) is 4.79 Å². The van der Waals surface area contributed by atoms with E-state index < -0.39 is 0 Å². The van der Waals surface area contributed by atoms with Gasteiger partial charge in [0.25, 0.3) is 0 Å². The predicted molar refractivity (Wildman–Crippen MR) is 161 cm³/mol. The Kier molecular flexibility index (Phi) is 7.89. The molecule has 2 heterocycles. The number of Topliss-reactive ketones (excluding diaryl/α,β-unsaturated/α-hetero) is 1. The van der Waals surface area contributed by atoms with Gasteiger partial charge in [0, 0.05) is 25.3 Å². The fourth-order valence-corrected chi connectivity index (χ4v) is 9.79. The smallest absolute Gasteiger partial charge is 0.410 e. The first-order chi connectivity index (χ1) is 19.6. The van der Waals surface area contributed by atoms with Crippen LogP contribution in [0.1, 0.15) is 104 Å². The summed E-state index contributed by atoms with van der Waals surface area (Å²) in [7, 11) is 0. The van der Waals surface area contributed by atoms with E-state index in [9.17, 15) is 9.59 Å². The molecule has 0 aromatic heterocycles. The Balaban J connectivity index is 1.27. The van der Waals surface area contributed by atoms with Crippen LogP contribution in [0.25, 0.3) is 0 Å².